The molecule has 4 rings (SSSR count). The van der Waals surface area contributed by atoms with Crippen LogP contribution < -0.4 is 20.5 Å². The van der Waals surface area contributed by atoms with E-state index in [1.165, 1.54) is 32.0 Å². The fourth-order valence-electron chi connectivity index (χ4n) is 3.59. The molecular formula is C24H22NSi. The van der Waals surface area contributed by atoms with Crippen molar-refractivity contribution in [2.75, 3.05) is 19.0 Å². The first-order valence-electron chi connectivity index (χ1n) is 8.93. The van der Waals surface area contributed by atoms with Crippen molar-refractivity contribution in [3.05, 3.63) is 97.1 Å². The van der Waals surface area contributed by atoms with Gasteiger partial charge in [0.1, 0.15) is 0 Å². The van der Waals surface area contributed by atoms with E-state index in [0.717, 1.165) is 0 Å². The summed E-state index contributed by atoms with van der Waals surface area (Å²) in [6, 6.07) is 35.3. The first-order chi connectivity index (χ1) is 12.8. The molecule has 0 amide bonds. The molecule has 2 heteroatoms. The van der Waals surface area contributed by atoms with E-state index in [0.29, 0.717) is 0 Å². The van der Waals surface area contributed by atoms with Gasteiger partial charge in [-0.1, -0.05) is 101 Å². The van der Waals surface area contributed by atoms with Crippen molar-refractivity contribution >= 4 is 40.8 Å². The Bertz CT molecular complexity index is 965. The average molecular weight is 353 g/mol. The second-order valence-corrected chi connectivity index (χ2v) is 9.13. The summed E-state index contributed by atoms with van der Waals surface area (Å²) in [5.74, 6) is 0. The highest BCUT2D eigenvalue weighted by atomic mass is 28.3. The Kier molecular flexibility index (Phi) is 4.59. The number of hydrogen-bond donors (Lipinski definition) is 0. The Balaban J connectivity index is 2.04. The molecule has 0 aliphatic carbocycles. The van der Waals surface area contributed by atoms with Gasteiger partial charge in [0, 0.05) is 25.2 Å². The minimum absolute atomic E-state index is 1.08. The van der Waals surface area contributed by atoms with E-state index >= 15 is 0 Å². The zero-order chi connectivity index (χ0) is 17.9. The van der Waals surface area contributed by atoms with E-state index in [2.05, 4.69) is 116 Å². The second kappa shape index (κ2) is 7.18. The van der Waals surface area contributed by atoms with E-state index < -0.39 is 8.80 Å². The van der Waals surface area contributed by atoms with Gasteiger partial charge in [-0.2, -0.15) is 0 Å². The zero-order valence-corrected chi connectivity index (χ0v) is 16.2. The Morgan fingerprint density at radius 3 is 1.65 bits per heavy atom. The molecule has 0 atom stereocenters. The highest BCUT2D eigenvalue weighted by molar-refractivity contribution is 6.97. The molecule has 1 nitrogen and oxygen atoms in total. The molecule has 4 aromatic carbocycles. The minimum Gasteiger partial charge on any atom is -0.377 e. The summed E-state index contributed by atoms with van der Waals surface area (Å²) in [5.41, 5.74) is 1.28. The number of benzene rings is 4. The van der Waals surface area contributed by atoms with Crippen LogP contribution in [0.1, 0.15) is 0 Å². The maximum atomic E-state index is 2.32. The molecule has 0 saturated carbocycles. The highest BCUT2D eigenvalue weighted by Crippen LogP contribution is 2.24. The van der Waals surface area contributed by atoms with Crippen LogP contribution in [0.25, 0.3) is 10.8 Å². The molecule has 0 saturated heterocycles. The van der Waals surface area contributed by atoms with Crippen molar-refractivity contribution in [1.82, 2.24) is 0 Å². The van der Waals surface area contributed by atoms with Crippen LogP contribution in [0, 0.1) is 0 Å². The van der Waals surface area contributed by atoms with Crippen LogP contribution in [-0.2, 0) is 0 Å². The summed E-state index contributed by atoms with van der Waals surface area (Å²) in [7, 11) is 3.17. The van der Waals surface area contributed by atoms with Crippen LogP contribution >= 0.6 is 0 Å². The lowest BCUT2D eigenvalue weighted by Gasteiger charge is -2.23. The van der Waals surface area contributed by atoms with Crippen molar-refractivity contribution in [3.63, 3.8) is 0 Å². The lowest BCUT2D eigenvalue weighted by molar-refractivity contribution is 1.14. The monoisotopic (exact) mass is 352 g/mol. The van der Waals surface area contributed by atoms with Crippen LogP contribution in [0.3, 0.4) is 0 Å². The predicted octanol–water partition coefficient (Wildman–Crippen LogP) is 3.42. The Labute approximate surface area is 157 Å². The topological polar surface area (TPSA) is 3.24 Å². The summed E-state index contributed by atoms with van der Waals surface area (Å²) < 4.78 is 0. The third-order valence-corrected chi connectivity index (χ3v) is 7.54. The molecule has 0 bridgehead atoms. The Morgan fingerprint density at radius 1 is 0.577 bits per heavy atom. The maximum absolute atomic E-state index is 2.32. The Hall–Kier alpha value is -2.84. The van der Waals surface area contributed by atoms with Crippen LogP contribution in [0.4, 0.5) is 5.69 Å². The smallest absolute Gasteiger partial charge is 0.155 e. The standard InChI is InChI=1S/C24H22NSi/c1-25(2)22-17-9-11-19-12-10-18-23(24(19)22)26(20-13-5-3-6-14-20)21-15-7-4-8-16-21/h3-18H,1-2H3. The average Bonchev–Trinajstić information content (AvgIpc) is 2.69. The molecule has 0 N–H and O–H groups in total. The third-order valence-electron chi connectivity index (χ3n) is 4.76. The predicted molar refractivity (Wildman–Crippen MR) is 116 cm³/mol. The molecular weight excluding hydrogens is 330 g/mol. The van der Waals surface area contributed by atoms with Crippen molar-refractivity contribution in [2.45, 2.75) is 0 Å². The van der Waals surface area contributed by atoms with Gasteiger partial charge in [0.05, 0.1) is 0 Å². The van der Waals surface area contributed by atoms with Crippen molar-refractivity contribution in [3.8, 4) is 0 Å². The molecule has 0 unspecified atom stereocenters. The van der Waals surface area contributed by atoms with E-state index in [1.807, 2.05) is 0 Å². The number of hydrogen-bond acceptors (Lipinski definition) is 1. The highest BCUT2D eigenvalue weighted by Gasteiger charge is 2.22. The number of rotatable bonds is 4. The van der Waals surface area contributed by atoms with Gasteiger partial charge in [-0.3, -0.25) is 0 Å². The summed E-state index contributed by atoms with van der Waals surface area (Å²) in [5, 5.41) is 6.98. The molecule has 0 aromatic heterocycles. The van der Waals surface area contributed by atoms with Crippen molar-refractivity contribution in [2.24, 2.45) is 0 Å². The summed E-state index contributed by atoms with van der Waals surface area (Å²) >= 11 is 0. The minimum atomic E-state index is -1.08. The fraction of sp³-hybridized carbons (Fsp3) is 0.0833. The van der Waals surface area contributed by atoms with Crippen LogP contribution in [0.2, 0.25) is 0 Å². The molecule has 0 aliphatic heterocycles. The molecule has 0 fully saturated rings. The SMILES string of the molecule is CN(C)c1cccc2cccc([Si](c3ccccc3)c3ccccc3)c12. The lowest BCUT2D eigenvalue weighted by atomic mass is 10.1. The van der Waals surface area contributed by atoms with Crippen molar-refractivity contribution in [1.29, 1.82) is 0 Å². The molecule has 0 aliphatic rings. The quantitative estimate of drug-likeness (QED) is 0.402. The van der Waals surface area contributed by atoms with Crippen molar-refractivity contribution < 1.29 is 0 Å². The summed E-state index contributed by atoms with van der Waals surface area (Å²) in [6.45, 7) is 0. The van der Waals surface area contributed by atoms with Gasteiger partial charge in [0.2, 0.25) is 0 Å². The summed E-state index contributed by atoms with van der Waals surface area (Å²) in [6.07, 6.45) is 0. The molecule has 1 radical (unpaired) electrons. The fourth-order valence-corrected chi connectivity index (χ4v) is 6.38. The van der Waals surface area contributed by atoms with Gasteiger partial charge in [0.25, 0.3) is 0 Å². The van der Waals surface area contributed by atoms with Gasteiger partial charge >= 0.3 is 0 Å². The first-order valence-corrected chi connectivity index (χ1v) is 10.4. The molecule has 0 spiro atoms. The number of anilines is 1. The van der Waals surface area contributed by atoms with E-state index in [1.54, 1.807) is 0 Å². The zero-order valence-electron chi connectivity index (χ0n) is 15.2. The lowest BCUT2D eigenvalue weighted by Crippen LogP contribution is -2.52. The molecule has 4 aromatic rings. The normalized spacial score (nSPS) is 11.0. The van der Waals surface area contributed by atoms with Crippen LogP contribution in [0.15, 0.2) is 97.1 Å². The van der Waals surface area contributed by atoms with E-state index in [4.69, 9.17) is 0 Å². The Morgan fingerprint density at radius 2 is 1.12 bits per heavy atom. The maximum Gasteiger partial charge on any atom is 0.155 e. The first kappa shape index (κ1) is 16.6. The van der Waals surface area contributed by atoms with E-state index in [9.17, 15) is 0 Å². The number of nitrogens with zero attached hydrogens (tertiary/aromatic N) is 1. The van der Waals surface area contributed by atoms with Crippen LogP contribution in [0.5, 0.6) is 0 Å². The third kappa shape index (κ3) is 3.04. The van der Waals surface area contributed by atoms with E-state index in [-0.39, 0.29) is 0 Å². The van der Waals surface area contributed by atoms with Gasteiger partial charge in [-0.05, 0) is 16.6 Å². The number of fused-ring (bicyclic) bond motifs is 1. The second-order valence-electron chi connectivity index (χ2n) is 6.68. The molecule has 127 valence electrons. The van der Waals surface area contributed by atoms with Gasteiger partial charge in [-0.25, -0.2) is 0 Å². The van der Waals surface area contributed by atoms with Gasteiger partial charge < -0.3 is 4.90 Å². The van der Waals surface area contributed by atoms with Crippen LogP contribution in [-0.4, -0.2) is 22.9 Å². The molecule has 26 heavy (non-hydrogen) atoms. The van der Waals surface area contributed by atoms with Gasteiger partial charge in [0.15, 0.2) is 8.80 Å². The largest absolute Gasteiger partial charge is 0.377 e. The summed E-state index contributed by atoms with van der Waals surface area (Å²) in [4.78, 5) is 2.22. The molecule has 0 heterocycles. The van der Waals surface area contributed by atoms with Gasteiger partial charge in [-0.15, -0.1) is 0 Å².